The summed E-state index contributed by atoms with van der Waals surface area (Å²) in [7, 11) is 1.90. The van der Waals surface area contributed by atoms with Crippen molar-refractivity contribution < 1.29 is 0 Å². The summed E-state index contributed by atoms with van der Waals surface area (Å²) in [5.41, 5.74) is 0.452. The Labute approximate surface area is 129 Å². The van der Waals surface area contributed by atoms with Crippen molar-refractivity contribution in [3.8, 4) is 6.07 Å². The number of likely N-dealkylation sites (N-methyl/N-ethyl adjacent to an activating group) is 1. The van der Waals surface area contributed by atoms with Crippen LogP contribution < -0.4 is 5.32 Å². The van der Waals surface area contributed by atoms with E-state index in [1.54, 1.807) is 0 Å². The number of rotatable bonds is 5. The summed E-state index contributed by atoms with van der Waals surface area (Å²) < 4.78 is 0. The van der Waals surface area contributed by atoms with Crippen LogP contribution in [0.5, 0.6) is 0 Å². The Morgan fingerprint density at radius 1 is 1.29 bits per heavy atom. The molecule has 1 fully saturated rings. The van der Waals surface area contributed by atoms with E-state index in [1.165, 1.54) is 32.1 Å². The summed E-state index contributed by atoms with van der Waals surface area (Å²) in [6.07, 6.45) is 6.31. The second-order valence-corrected chi connectivity index (χ2v) is 6.02. The molecule has 1 aromatic rings. The quantitative estimate of drug-likeness (QED) is 0.902. The molecule has 0 radical (unpaired) electrons. The van der Waals surface area contributed by atoms with Gasteiger partial charge in [-0.2, -0.15) is 5.26 Å². The van der Waals surface area contributed by atoms with E-state index in [2.05, 4.69) is 35.3 Å². The van der Waals surface area contributed by atoms with Crippen LogP contribution in [0.1, 0.15) is 44.6 Å². The Balaban J connectivity index is 2.24. The highest BCUT2D eigenvalue weighted by atomic mass is 15.2. The van der Waals surface area contributed by atoms with Gasteiger partial charge in [-0.05, 0) is 38.4 Å². The van der Waals surface area contributed by atoms with Crippen molar-refractivity contribution in [3.05, 3.63) is 35.9 Å². The molecule has 1 aromatic carbocycles. The second-order valence-electron chi connectivity index (χ2n) is 6.02. The summed E-state index contributed by atoms with van der Waals surface area (Å²) in [5.74, 6) is 0. The molecule has 2 atom stereocenters. The molecule has 1 N–H and O–H groups in total. The second kappa shape index (κ2) is 7.59. The molecule has 1 aliphatic heterocycles. The molecule has 1 saturated heterocycles. The Kier molecular flexibility index (Phi) is 5.78. The van der Waals surface area contributed by atoms with E-state index in [9.17, 15) is 5.26 Å². The van der Waals surface area contributed by atoms with E-state index in [4.69, 9.17) is 0 Å². The monoisotopic (exact) mass is 285 g/mol. The maximum Gasteiger partial charge on any atom is 0.144 e. The average Bonchev–Trinajstić information content (AvgIpc) is 2.78. The smallest absolute Gasteiger partial charge is 0.144 e. The predicted octanol–water partition coefficient (Wildman–Crippen LogP) is 3.28. The normalized spacial score (nSPS) is 23.0. The first-order valence-corrected chi connectivity index (χ1v) is 8.15. The van der Waals surface area contributed by atoms with Crippen molar-refractivity contribution in [1.29, 1.82) is 5.26 Å². The lowest BCUT2D eigenvalue weighted by Crippen LogP contribution is -2.51. The lowest BCUT2D eigenvalue weighted by molar-refractivity contribution is 0.156. The van der Waals surface area contributed by atoms with E-state index in [-0.39, 0.29) is 0 Å². The molecule has 0 amide bonds. The van der Waals surface area contributed by atoms with Gasteiger partial charge in [0.15, 0.2) is 0 Å². The molecule has 0 aromatic heterocycles. The van der Waals surface area contributed by atoms with E-state index < -0.39 is 5.54 Å². The minimum Gasteiger partial charge on any atom is -0.298 e. The van der Waals surface area contributed by atoms with Crippen LogP contribution >= 0.6 is 0 Å². The topological polar surface area (TPSA) is 39.1 Å². The van der Waals surface area contributed by atoms with Gasteiger partial charge in [0.05, 0.1) is 6.07 Å². The molecular formula is C18H27N3. The SMILES string of the molecule is CCC1CCCCCN1CC(C#N)(NC)c1ccccc1. The summed E-state index contributed by atoms with van der Waals surface area (Å²) in [6.45, 7) is 4.14. The van der Waals surface area contributed by atoms with Crippen LogP contribution in [0.15, 0.2) is 30.3 Å². The third kappa shape index (κ3) is 3.64. The van der Waals surface area contributed by atoms with Crippen LogP contribution in [0, 0.1) is 11.3 Å². The standard InChI is InChI=1S/C18H27N3/c1-3-17-12-8-5-9-13-21(17)15-18(14-19,20-2)16-10-6-4-7-11-16/h4,6-7,10-11,17,20H,3,5,8-9,12-13,15H2,1-2H3. The van der Waals surface area contributed by atoms with E-state index in [1.807, 2.05) is 25.2 Å². The maximum absolute atomic E-state index is 9.85. The fraction of sp³-hybridized carbons (Fsp3) is 0.611. The van der Waals surface area contributed by atoms with Gasteiger partial charge in [-0.3, -0.25) is 10.2 Å². The number of hydrogen-bond donors (Lipinski definition) is 1. The number of nitrogens with zero attached hydrogens (tertiary/aromatic N) is 2. The van der Waals surface area contributed by atoms with Crippen LogP contribution in [0.3, 0.4) is 0 Å². The molecular weight excluding hydrogens is 258 g/mol. The molecule has 1 heterocycles. The van der Waals surface area contributed by atoms with Gasteiger partial charge in [0.2, 0.25) is 0 Å². The summed E-state index contributed by atoms with van der Waals surface area (Å²) >= 11 is 0. The van der Waals surface area contributed by atoms with Gasteiger partial charge in [0.25, 0.3) is 0 Å². The fourth-order valence-corrected chi connectivity index (χ4v) is 3.41. The molecule has 3 heteroatoms. The number of nitriles is 1. The highest BCUT2D eigenvalue weighted by molar-refractivity contribution is 5.32. The third-order valence-electron chi connectivity index (χ3n) is 4.79. The Bertz CT molecular complexity index is 465. The van der Waals surface area contributed by atoms with Crippen LogP contribution in [0.25, 0.3) is 0 Å². The van der Waals surface area contributed by atoms with Crippen molar-refractivity contribution in [2.24, 2.45) is 0 Å². The molecule has 114 valence electrons. The molecule has 21 heavy (non-hydrogen) atoms. The van der Waals surface area contributed by atoms with Gasteiger partial charge in [0, 0.05) is 12.6 Å². The molecule has 2 rings (SSSR count). The minimum atomic E-state index is -0.612. The Morgan fingerprint density at radius 3 is 2.67 bits per heavy atom. The first-order chi connectivity index (χ1) is 10.3. The van der Waals surface area contributed by atoms with Crippen molar-refractivity contribution in [3.63, 3.8) is 0 Å². The zero-order valence-electron chi connectivity index (χ0n) is 13.3. The van der Waals surface area contributed by atoms with E-state index >= 15 is 0 Å². The molecule has 2 unspecified atom stereocenters. The maximum atomic E-state index is 9.85. The van der Waals surface area contributed by atoms with Gasteiger partial charge in [-0.15, -0.1) is 0 Å². The first-order valence-electron chi connectivity index (χ1n) is 8.15. The fourth-order valence-electron chi connectivity index (χ4n) is 3.41. The summed E-state index contributed by atoms with van der Waals surface area (Å²) in [5, 5.41) is 13.1. The zero-order valence-corrected chi connectivity index (χ0v) is 13.3. The summed E-state index contributed by atoms with van der Waals surface area (Å²) in [4.78, 5) is 2.53. The lowest BCUT2D eigenvalue weighted by Gasteiger charge is -2.37. The number of nitrogens with one attached hydrogen (secondary N) is 1. The molecule has 0 aliphatic carbocycles. The van der Waals surface area contributed by atoms with Crippen LogP contribution in [0.2, 0.25) is 0 Å². The van der Waals surface area contributed by atoms with Crippen molar-refractivity contribution in [2.75, 3.05) is 20.1 Å². The zero-order chi connectivity index (χ0) is 15.1. The van der Waals surface area contributed by atoms with Gasteiger partial charge < -0.3 is 0 Å². The molecule has 0 saturated carbocycles. The summed E-state index contributed by atoms with van der Waals surface area (Å²) in [6, 6.07) is 13.3. The van der Waals surface area contributed by atoms with Gasteiger partial charge in [-0.25, -0.2) is 0 Å². The third-order valence-corrected chi connectivity index (χ3v) is 4.79. The molecule has 1 aliphatic rings. The average molecular weight is 285 g/mol. The van der Waals surface area contributed by atoms with Crippen molar-refractivity contribution in [2.45, 2.75) is 50.6 Å². The van der Waals surface area contributed by atoms with E-state index in [0.717, 1.165) is 18.7 Å². The highest BCUT2D eigenvalue weighted by Gasteiger charge is 2.35. The highest BCUT2D eigenvalue weighted by Crippen LogP contribution is 2.26. The molecule has 0 spiro atoms. The predicted molar refractivity (Wildman–Crippen MR) is 86.9 cm³/mol. The minimum absolute atomic E-state index is 0.609. The van der Waals surface area contributed by atoms with Crippen LogP contribution in [0.4, 0.5) is 0 Å². The number of likely N-dealkylation sites (tertiary alicyclic amines) is 1. The van der Waals surface area contributed by atoms with Crippen LogP contribution in [-0.4, -0.2) is 31.1 Å². The van der Waals surface area contributed by atoms with Crippen molar-refractivity contribution in [1.82, 2.24) is 10.2 Å². The largest absolute Gasteiger partial charge is 0.298 e. The van der Waals surface area contributed by atoms with Gasteiger partial charge >= 0.3 is 0 Å². The molecule has 3 nitrogen and oxygen atoms in total. The van der Waals surface area contributed by atoms with Gasteiger partial charge in [-0.1, -0.05) is 50.1 Å². The number of hydrogen-bond acceptors (Lipinski definition) is 3. The molecule has 0 bridgehead atoms. The van der Waals surface area contributed by atoms with E-state index in [0.29, 0.717) is 6.04 Å². The lowest BCUT2D eigenvalue weighted by atomic mass is 9.90. The van der Waals surface area contributed by atoms with Crippen LogP contribution in [-0.2, 0) is 5.54 Å². The number of benzene rings is 1. The van der Waals surface area contributed by atoms with Gasteiger partial charge in [0.1, 0.15) is 5.54 Å². The van der Waals surface area contributed by atoms with Crippen molar-refractivity contribution >= 4 is 0 Å². The Morgan fingerprint density at radius 2 is 2.05 bits per heavy atom. The first kappa shape index (κ1) is 16.0. The Hall–Kier alpha value is -1.37.